The summed E-state index contributed by atoms with van der Waals surface area (Å²) in [5.74, 6) is 0.231. The monoisotopic (exact) mass is 420 g/mol. The molecule has 2 aromatic carbocycles. The summed E-state index contributed by atoms with van der Waals surface area (Å²) in [5, 5.41) is 3.05. The molecular formula is C25H32N4O2. The van der Waals surface area contributed by atoms with Gasteiger partial charge in [-0.1, -0.05) is 49.4 Å². The maximum atomic E-state index is 12.8. The lowest BCUT2D eigenvalue weighted by atomic mass is 10.00. The van der Waals surface area contributed by atoms with Crippen LogP contribution in [0.3, 0.4) is 0 Å². The Morgan fingerprint density at radius 3 is 2.23 bits per heavy atom. The molecule has 31 heavy (non-hydrogen) atoms. The highest BCUT2D eigenvalue weighted by molar-refractivity contribution is 5.93. The number of amides is 2. The molecule has 2 heterocycles. The molecule has 2 aliphatic rings. The maximum absolute atomic E-state index is 12.8. The van der Waals surface area contributed by atoms with Crippen LogP contribution in [-0.2, 0) is 29.0 Å². The van der Waals surface area contributed by atoms with Crippen molar-refractivity contribution in [3.05, 3.63) is 65.2 Å². The number of rotatable bonds is 6. The molecular weight excluding hydrogens is 388 g/mol. The number of para-hydroxylation sites is 1. The minimum absolute atomic E-state index is 0.0254. The molecule has 0 aliphatic carbocycles. The average molecular weight is 421 g/mol. The van der Waals surface area contributed by atoms with E-state index < -0.39 is 0 Å². The number of fused-ring (bicyclic) bond motifs is 1. The molecule has 1 saturated heterocycles. The fourth-order valence-corrected chi connectivity index (χ4v) is 4.45. The number of hydrogen-bond acceptors (Lipinski definition) is 4. The Morgan fingerprint density at radius 1 is 0.839 bits per heavy atom. The largest absolute Gasteiger partial charge is 0.337 e. The summed E-state index contributed by atoms with van der Waals surface area (Å²) < 4.78 is 0. The van der Waals surface area contributed by atoms with E-state index in [9.17, 15) is 9.59 Å². The van der Waals surface area contributed by atoms with Crippen molar-refractivity contribution in [1.82, 2.24) is 14.7 Å². The number of piperazine rings is 1. The van der Waals surface area contributed by atoms with Crippen molar-refractivity contribution >= 4 is 17.5 Å². The maximum Gasteiger partial charge on any atom is 0.238 e. The van der Waals surface area contributed by atoms with Gasteiger partial charge in [0.25, 0.3) is 0 Å². The highest BCUT2D eigenvalue weighted by atomic mass is 16.2. The minimum atomic E-state index is 0.0254. The fourth-order valence-electron chi connectivity index (χ4n) is 4.45. The van der Waals surface area contributed by atoms with Crippen molar-refractivity contribution in [3.63, 3.8) is 0 Å². The van der Waals surface area contributed by atoms with Gasteiger partial charge in [0.2, 0.25) is 11.8 Å². The lowest BCUT2D eigenvalue weighted by Gasteiger charge is -2.36. The minimum Gasteiger partial charge on any atom is -0.337 e. The van der Waals surface area contributed by atoms with Crippen LogP contribution in [0.25, 0.3) is 0 Å². The van der Waals surface area contributed by atoms with E-state index in [1.807, 2.05) is 35.2 Å². The average Bonchev–Trinajstić information content (AvgIpc) is 2.80. The Morgan fingerprint density at radius 2 is 1.48 bits per heavy atom. The number of nitrogens with zero attached hydrogens (tertiary/aromatic N) is 3. The summed E-state index contributed by atoms with van der Waals surface area (Å²) in [5.41, 5.74) is 4.68. The predicted molar refractivity (Wildman–Crippen MR) is 123 cm³/mol. The first-order valence-corrected chi connectivity index (χ1v) is 11.3. The smallest absolute Gasteiger partial charge is 0.238 e. The second kappa shape index (κ2) is 10.1. The SMILES string of the molecule is CCc1ccccc1NC(=O)CN1CCN(CC(=O)N2CCc3ccccc3C2)CC1. The van der Waals surface area contributed by atoms with Crippen molar-refractivity contribution in [2.24, 2.45) is 0 Å². The molecule has 0 bridgehead atoms. The van der Waals surface area contributed by atoms with Gasteiger partial charge in [-0.2, -0.15) is 0 Å². The molecule has 1 N–H and O–H groups in total. The van der Waals surface area contributed by atoms with Gasteiger partial charge in [-0.25, -0.2) is 0 Å². The van der Waals surface area contributed by atoms with Crippen molar-refractivity contribution < 1.29 is 9.59 Å². The van der Waals surface area contributed by atoms with Crippen LogP contribution in [0.4, 0.5) is 5.69 Å². The van der Waals surface area contributed by atoms with Gasteiger partial charge in [-0.3, -0.25) is 19.4 Å². The van der Waals surface area contributed by atoms with Gasteiger partial charge in [0.05, 0.1) is 13.1 Å². The number of carbonyl (C=O) groups is 2. The Balaban J connectivity index is 1.21. The molecule has 2 amide bonds. The lowest BCUT2D eigenvalue weighted by molar-refractivity contribution is -0.134. The van der Waals surface area contributed by atoms with Gasteiger partial charge in [0.15, 0.2) is 0 Å². The van der Waals surface area contributed by atoms with Gasteiger partial charge in [0, 0.05) is 45.0 Å². The van der Waals surface area contributed by atoms with E-state index in [0.29, 0.717) is 19.6 Å². The van der Waals surface area contributed by atoms with E-state index in [0.717, 1.165) is 56.8 Å². The van der Waals surface area contributed by atoms with Gasteiger partial charge in [-0.15, -0.1) is 0 Å². The number of aryl methyl sites for hydroxylation is 1. The molecule has 0 saturated carbocycles. The summed E-state index contributed by atoms with van der Waals surface area (Å²) in [7, 11) is 0. The Bertz CT molecular complexity index is 921. The van der Waals surface area contributed by atoms with E-state index in [1.54, 1.807) is 0 Å². The third-order valence-corrected chi connectivity index (χ3v) is 6.35. The van der Waals surface area contributed by atoms with E-state index in [-0.39, 0.29) is 11.8 Å². The second-order valence-corrected chi connectivity index (χ2v) is 8.45. The Labute approximate surface area is 184 Å². The fraction of sp³-hybridized carbons (Fsp3) is 0.440. The van der Waals surface area contributed by atoms with E-state index >= 15 is 0 Å². The normalized spacial score (nSPS) is 17.3. The molecule has 4 rings (SSSR count). The molecule has 0 atom stereocenters. The van der Waals surface area contributed by atoms with E-state index in [1.165, 1.54) is 11.1 Å². The molecule has 0 aromatic heterocycles. The Hall–Kier alpha value is -2.70. The third-order valence-electron chi connectivity index (χ3n) is 6.35. The van der Waals surface area contributed by atoms with Crippen molar-refractivity contribution in [2.75, 3.05) is 51.1 Å². The van der Waals surface area contributed by atoms with Crippen LogP contribution in [0.15, 0.2) is 48.5 Å². The number of benzene rings is 2. The molecule has 0 radical (unpaired) electrons. The number of nitrogens with one attached hydrogen (secondary N) is 1. The van der Waals surface area contributed by atoms with Crippen LogP contribution in [0.2, 0.25) is 0 Å². The van der Waals surface area contributed by atoms with E-state index in [4.69, 9.17) is 0 Å². The van der Waals surface area contributed by atoms with E-state index in [2.05, 4.69) is 40.2 Å². The molecule has 1 fully saturated rings. The molecule has 164 valence electrons. The summed E-state index contributed by atoms with van der Waals surface area (Å²) in [4.78, 5) is 31.7. The highest BCUT2D eigenvalue weighted by Gasteiger charge is 2.25. The number of hydrogen-bond donors (Lipinski definition) is 1. The highest BCUT2D eigenvalue weighted by Crippen LogP contribution is 2.19. The number of anilines is 1. The first-order chi connectivity index (χ1) is 15.1. The molecule has 6 heteroatoms. The van der Waals surface area contributed by atoms with Gasteiger partial charge in [0.1, 0.15) is 0 Å². The zero-order chi connectivity index (χ0) is 21.6. The molecule has 6 nitrogen and oxygen atoms in total. The summed E-state index contributed by atoms with van der Waals surface area (Å²) >= 11 is 0. The number of carbonyl (C=O) groups excluding carboxylic acids is 2. The standard InChI is InChI=1S/C25H32N4O2/c1-2-20-7-5-6-10-23(20)26-24(30)18-27-13-15-28(16-14-27)19-25(31)29-12-11-21-8-3-4-9-22(21)17-29/h3-10H,2,11-19H2,1H3,(H,26,30). The quantitative estimate of drug-likeness (QED) is 0.780. The zero-order valence-electron chi connectivity index (χ0n) is 18.3. The van der Waals surface area contributed by atoms with Crippen molar-refractivity contribution in [3.8, 4) is 0 Å². The third kappa shape index (κ3) is 5.51. The summed E-state index contributed by atoms with van der Waals surface area (Å²) in [6, 6.07) is 16.3. The first kappa shape index (κ1) is 21.5. The molecule has 0 unspecified atom stereocenters. The predicted octanol–water partition coefficient (Wildman–Crippen LogP) is 2.39. The Kier molecular flexibility index (Phi) is 6.99. The van der Waals surface area contributed by atoms with Crippen LogP contribution >= 0.6 is 0 Å². The van der Waals surface area contributed by atoms with Crippen LogP contribution in [-0.4, -0.2) is 72.3 Å². The van der Waals surface area contributed by atoms with Crippen LogP contribution < -0.4 is 5.32 Å². The second-order valence-electron chi connectivity index (χ2n) is 8.45. The zero-order valence-corrected chi connectivity index (χ0v) is 18.3. The van der Waals surface area contributed by atoms with Crippen molar-refractivity contribution in [2.45, 2.75) is 26.3 Å². The molecule has 2 aromatic rings. The van der Waals surface area contributed by atoms with Crippen LogP contribution in [0, 0.1) is 0 Å². The van der Waals surface area contributed by atoms with Gasteiger partial charge in [-0.05, 0) is 35.6 Å². The lowest BCUT2D eigenvalue weighted by Crippen LogP contribution is -2.51. The molecule has 0 spiro atoms. The summed E-state index contributed by atoms with van der Waals surface area (Å²) in [6.45, 7) is 7.70. The summed E-state index contributed by atoms with van der Waals surface area (Å²) in [6.07, 6.45) is 1.83. The topological polar surface area (TPSA) is 55.9 Å². The van der Waals surface area contributed by atoms with Crippen LogP contribution in [0.5, 0.6) is 0 Å². The van der Waals surface area contributed by atoms with Crippen molar-refractivity contribution in [1.29, 1.82) is 0 Å². The molecule has 2 aliphatic heterocycles. The van der Waals surface area contributed by atoms with Crippen LogP contribution in [0.1, 0.15) is 23.6 Å². The van der Waals surface area contributed by atoms with Gasteiger partial charge < -0.3 is 10.2 Å². The first-order valence-electron chi connectivity index (χ1n) is 11.3. The van der Waals surface area contributed by atoms with Gasteiger partial charge >= 0.3 is 0 Å².